The number of aromatic nitrogens is 1. The smallest absolute Gasteiger partial charge is 0.252 e. The summed E-state index contributed by atoms with van der Waals surface area (Å²) in [4.78, 5) is 16.1. The summed E-state index contributed by atoms with van der Waals surface area (Å²) in [6.07, 6.45) is 4.50. The summed E-state index contributed by atoms with van der Waals surface area (Å²) in [5, 5.41) is 0.758. The highest BCUT2D eigenvalue weighted by molar-refractivity contribution is 7.89. The number of pyridine rings is 1. The first-order valence-electron chi connectivity index (χ1n) is 12.4. The van der Waals surface area contributed by atoms with E-state index in [9.17, 15) is 13.2 Å². The molecule has 10 heteroatoms. The first kappa shape index (κ1) is 23.2. The van der Waals surface area contributed by atoms with Crippen molar-refractivity contribution in [2.45, 2.75) is 49.6 Å². The largest absolute Gasteiger partial charge is 0.486 e. The summed E-state index contributed by atoms with van der Waals surface area (Å²) in [5.74, 6) is 2.15. The average molecular weight is 513 g/mol. The summed E-state index contributed by atoms with van der Waals surface area (Å²) < 4.78 is 51.9. The van der Waals surface area contributed by atoms with Crippen LogP contribution in [0.15, 0.2) is 46.1 Å². The molecule has 6 rings (SSSR count). The third-order valence-electron chi connectivity index (χ3n) is 7.01. The SMILES string of the molecule is O=c1[nH]c2cc3c(cc2cc1CN(C1CCCCC1)S(=O)(=O)c1ccc2c(c1)OCCO2)OCCO3. The van der Waals surface area contributed by atoms with Crippen LogP contribution in [0.3, 0.4) is 0 Å². The van der Waals surface area contributed by atoms with Gasteiger partial charge in [-0.2, -0.15) is 4.31 Å². The molecule has 0 saturated heterocycles. The minimum atomic E-state index is -3.92. The molecule has 0 unspecified atom stereocenters. The van der Waals surface area contributed by atoms with Gasteiger partial charge in [-0.15, -0.1) is 0 Å². The number of rotatable bonds is 5. The second-order valence-electron chi connectivity index (χ2n) is 9.35. The van der Waals surface area contributed by atoms with E-state index in [4.69, 9.17) is 18.9 Å². The van der Waals surface area contributed by atoms with Crippen molar-refractivity contribution in [1.29, 1.82) is 0 Å². The number of fused-ring (bicyclic) bond motifs is 3. The van der Waals surface area contributed by atoms with Gasteiger partial charge in [0.2, 0.25) is 10.0 Å². The number of nitrogens with zero attached hydrogens (tertiary/aromatic N) is 1. The van der Waals surface area contributed by atoms with E-state index < -0.39 is 10.0 Å². The van der Waals surface area contributed by atoms with E-state index >= 15 is 0 Å². The van der Waals surface area contributed by atoms with E-state index in [1.807, 2.05) is 6.07 Å². The fourth-order valence-corrected chi connectivity index (χ4v) is 6.85. The standard InChI is InChI=1S/C26H28N2O7S/c29-26-18(12-17-13-23-25(15-21(17)27-26)35-11-10-33-23)16-28(19-4-2-1-3-5-19)36(30,31)20-6-7-22-24(14-20)34-9-8-32-22/h6-7,12-15,19H,1-5,8-11,16H2,(H,27,29). The molecule has 3 aromatic rings. The van der Waals surface area contributed by atoms with Gasteiger partial charge in [-0.1, -0.05) is 19.3 Å². The van der Waals surface area contributed by atoms with Crippen LogP contribution in [0.1, 0.15) is 37.7 Å². The van der Waals surface area contributed by atoms with Gasteiger partial charge >= 0.3 is 0 Å². The molecule has 2 aliphatic heterocycles. The quantitative estimate of drug-likeness (QED) is 0.557. The Kier molecular flexibility index (Phi) is 6.00. The average Bonchev–Trinajstić information content (AvgIpc) is 2.91. The van der Waals surface area contributed by atoms with Crippen molar-refractivity contribution in [2.24, 2.45) is 0 Å². The topological polar surface area (TPSA) is 107 Å². The highest BCUT2D eigenvalue weighted by Gasteiger charge is 2.34. The minimum absolute atomic E-state index is 0.0266. The van der Waals surface area contributed by atoms with E-state index in [0.29, 0.717) is 60.5 Å². The van der Waals surface area contributed by atoms with E-state index in [2.05, 4.69) is 4.98 Å². The summed E-state index contributed by atoms with van der Waals surface area (Å²) in [6.45, 7) is 1.68. The van der Waals surface area contributed by atoms with Crippen LogP contribution in [-0.4, -0.2) is 50.2 Å². The Balaban J connectivity index is 1.39. The van der Waals surface area contributed by atoms with Gasteiger partial charge in [-0.05, 0) is 37.1 Å². The lowest BCUT2D eigenvalue weighted by Gasteiger charge is -2.33. The van der Waals surface area contributed by atoms with Gasteiger partial charge < -0.3 is 23.9 Å². The molecule has 0 amide bonds. The maximum atomic E-state index is 14.0. The highest BCUT2D eigenvalue weighted by atomic mass is 32.2. The molecule has 1 fully saturated rings. The lowest BCUT2D eigenvalue weighted by Crippen LogP contribution is -2.42. The van der Waals surface area contributed by atoms with Crippen LogP contribution in [-0.2, 0) is 16.6 Å². The molecule has 0 atom stereocenters. The summed E-state index contributed by atoms with van der Waals surface area (Å²) in [5.41, 5.74) is 0.676. The number of nitrogens with one attached hydrogen (secondary N) is 1. The predicted molar refractivity (Wildman–Crippen MR) is 133 cm³/mol. The van der Waals surface area contributed by atoms with E-state index in [1.165, 1.54) is 10.4 Å². The summed E-state index contributed by atoms with van der Waals surface area (Å²) >= 11 is 0. The monoisotopic (exact) mass is 512 g/mol. The Hall–Kier alpha value is -3.24. The lowest BCUT2D eigenvalue weighted by atomic mass is 9.95. The molecular weight excluding hydrogens is 484 g/mol. The second-order valence-corrected chi connectivity index (χ2v) is 11.2. The minimum Gasteiger partial charge on any atom is -0.486 e. The Morgan fingerprint density at radius 3 is 2.17 bits per heavy atom. The molecule has 3 aliphatic rings. The van der Waals surface area contributed by atoms with Gasteiger partial charge in [0.25, 0.3) is 5.56 Å². The van der Waals surface area contributed by atoms with Crippen LogP contribution in [0, 0.1) is 0 Å². The first-order valence-corrected chi connectivity index (χ1v) is 13.8. The van der Waals surface area contributed by atoms with Crippen molar-refractivity contribution < 1.29 is 27.4 Å². The van der Waals surface area contributed by atoms with E-state index in [-0.39, 0.29) is 23.0 Å². The second kappa shape index (κ2) is 9.33. The van der Waals surface area contributed by atoms with Gasteiger partial charge in [-0.3, -0.25) is 4.79 Å². The number of hydrogen-bond acceptors (Lipinski definition) is 7. The fraction of sp³-hybridized carbons (Fsp3) is 0.423. The number of sulfonamides is 1. The number of hydrogen-bond donors (Lipinski definition) is 1. The molecule has 1 saturated carbocycles. The number of aromatic amines is 1. The highest BCUT2D eigenvalue weighted by Crippen LogP contribution is 2.36. The molecule has 9 nitrogen and oxygen atoms in total. The number of H-pyrrole nitrogens is 1. The molecule has 1 aromatic heterocycles. The van der Waals surface area contributed by atoms with Gasteiger partial charge in [0.15, 0.2) is 23.0 Å². The van der Waals surface area contributed by atoms with Crippen LogP contribution in [0.4, 0.5) is 0 Å². The molecular formula is C26H28N2O7S. The number of benzene rings is 2. The van der Waals surface area contributed by atoms with Crippen molar-refractivity contribution in [3.63, 3.8) is 0 Å². The molecule has 36 heavy (non-hydrogen) atoms. The molecule has 190 valence electrons. The molecule has 1 N–H and O–H groups in total. The van der Waals surface area contributed by atoms with Crippen molar-refractivity contribution in [3.8, 4) is 23.0 Å². The van der Waals surface area contributed by atoms with Crippen LogP contribution in [0.5, 0.6) is 23.0 Å². The molecule has 1 aliphatic carbocycles. The Morgan fingerprint density at radius 1 is 0.806 bits per heavy atom. The van der Waals surface area contributed by atoms with Crippen molar-refractivity contribution >= 4 is 20.9 Å². The van der Waals surface area contributed by atoms with Crippen molar-refractivity contribution in [2.75, 3.05) is 26.4 Å². The van der Waals surface area contributed by atoms with E-state index in [1.54, 1.807) is 24.3 Å². The van der Waals surface area contributed by atoms with Gasteiger partial charge in [-0.25, -0.2) is 8.42 Å². The molecule has 3 heterocycles. The summed E-state index contributed by atoms with van der Waals surface area (Å²) in [6, 6.07) is 9.84. The molecule has 0 spiro atoms. The Labute approximate surface area is 209 Å². The zero-order chi connectivity index (χ0) is 24.7. The van der Waals surface area contributed by atoms with Crippen molar-refractivity contribution in [1.82, 2.24) is 9.29 Å². The fourth-order valence-electron chi connectivity index (χ4n) is 5.17. The first-order chi connectivity index (χ1) is 17.5. The zero-order valence-corrected chi connectivity index (χ0v) is 20.6. The third-order valence-corrected chi connectivity index (χ3v) is 8.91. The van der Waals surface area contributed by atoms with Gasteiger partial charge in [0.05, 0.1) is 10.4 Å². The Bertz CT molecular complexity index is 1460. The maximum Gasteiger partial charge on any atom is 0.252 e. The molecule has 0 bridgehead atoms. The van der Waals surface area contributed by atoms with Gasteiger partial charge in [0.1, 0.15) is 26.4 Å². The molecule has 2 aromatic carbocycles. The number of ether oxygens (including phenoxy) is 4. The zero-order valence-electron chi connectivity index (χ0n) is 19.8. The summed E-state index contributed by atoms with van der Waals surface area (Å²) in [7, 11) is -3.92. The van der Waals surface area contributed by atoms with Crippen molar-refractivity contribution in [3.05, 3.63) is 52.3 Å². The molecule has 0 radical (unpaired) electrons. The normalized spacial score (nSPS) is 17.9. The Morgan fingerprint density at radius 2 is 1.44 bits per heavy atom. The van der Waals surface area contributed by atoms with Crippen LogP contribution < -0.4 is 24.5 Å². The maximum absolute atomic E-state index is 14.0. The van der Waals surface area contributed by atoms with Gasteiger partial charge in [0, 0.05) is 35.7 Å². The van der Waals surface area contributed by atoms with Crippen LogP contribution >= 0.6 is 0 Å². The van der Waals surface area contributed by atoms with Crippen LogP contribution in [0.25, 0.3) is 10.9 Å². The van der Waals surface area contributed by atoms with E-state index in [0.717, 1.165) is 37.5 Å². The van der Waals surface area contributed by atoms with Crippen LogP contribution in [0.2, 0.25) is 0 Å². The lowest BCUT2D eigenvalue weighted by molar-refractivity contribution is 0.171. The third kappa shape index (κ3) is 4.28. The predicted octanol–water partition coefficient (Wildman–Crippen LogP) is 3.59.